The van der Waals surface area contributed by atoms with Crippen molar-refractivity contribution in [3.05, 3.63) is 88.8 Å². The van der Waals surface area contributed by atoms with Gasteiger partial charge in [0.2, 0.25) is 0 Å². The zero-order chi connectivity index (χ0) is 25.3. The highest BCUT2D eigenvalue weighted by Crippen LogP contribution is 2.41. The van der Waals surface area contributed by atoms with Crippen LogP contribution in [0.5, 0.6) is 0 Å². The van der Waals surface area contributed by atoms with E-state index >= 15 is 0 Å². The summed E-state index contributed by atoms with van der Waals surface area (Å²) in [4.78, 5) is 27.9. The minimum absolute atomic E-state index is 0.145. The topological polar surface area (TPSA) is 79.3 Å². The second-order valence-electron chi connectivity index (χ2n) is 7.69. The van der Waals surface area contributed by atoms with Gasteiger partial charge in [0, 0.05) is 17.7 Å². The number of pyridine rings is 1. The maximum atomic E-state index is 13.7. The maximum absolute atomic E-state index is 13.7. The van der Waals surface area contributed by atoms with Crippen LogP contribution in [0, 0.1) is 11.8 Å². The van der Waals surface area contributed by atoms with Crippen LogP contribution in [0.15, 0.2) is 66.4 Å². The number of allylic oxidation sites excluding steroid dienone is 3. The molecule has 3 rings (SSSR count). The molecule has 0 aliphatic heterocycles. The molecule has 2 aromatic rings. The highest BCUT2D eigenvalue weighted by atomic mass is 19.4. The minimum Gasteiger partial charge on any atom is -0.478 e. The van der Waals surface area contributed by atoms with E-state index in [0.717, 1.165) is 42.6 Å². The molecule has 2 N–H and O–H groups in total. The van der Waals surface area contributed by atoms with Crippen LogP contribution in [-0.4, -0.2) is 28.1 Å². The predicted molar refractivity (Wildman–Crippen MR) is 109 cm³/mol. The molecule has 1 heterocycles. The summed E-state index contributed by atoms with van der Waals surface area (Å²) in [7, 11) is 0. The summed E-state index contributed by atoms with van der Waals surface area (Å²) in [5, 5.41) is 11.6. The number of alkyl halides is 6. The Labute approximate surface area is 189 Å². The average Bonchev–Trinajstić information content (AvgIpc) is 2.76. The molecule has 0 saturated heterocycles. The van der Waals surface area contributed by atoms with Crippen LogP contribution in [-0.2, 0) is 6.18 Å². The van der Waals surface area contributed by atoms with E-state index in [2.05, 4.69) is 10.3 Å². The standard InChI is InChI=1S/C23H18F6N2O3/c1-12-10-15(22(24,25)26)7-8-16(12)18(19-17(23(27,28)29)6-3-9-30-19)31-20(32)13-4-2-5-14(11-13)21(33)34/h2-12,16,18H,1H3,(H,31,32)(H,33,34). The molecule has 1 aliphatic rings. The first-order valence-corrected chi connectivity index (χ1v) is 9.92. The number of hydrogen-bond donors (Lipinski definition) is 2. The Balaban J connectivity index is 2.05. The number of halogens is 6. The Kier molecular flexibility index (Phi) is 6.85. The van der Waals surface area contributed by atoms with E-state index in [1.54, 1.807) is 0 Å². The van der Waals surface area contributed by atoms with Gasteiger partial charge < -0.3 is 10.4 Å². The Morgan fingerprint density at radius 1 is 1.03 bits per heavy atom. The van der Waals surface area contributed by atoms with E-state index in [9.17, 15) is 35.9 Å². The van der Waals surface area contributed by atoms with E-state index in [-0.39, 0.29) is 11.1 Å². The molecule has 1 aromatic carbocycles. The summed E-state index contributed by atoms with van der Waals surface area (Å²) in [6.07, 6.45) is -5.67. The third-order valence-corrected chi connectivity index (χ3v) is 5.36. The van der Waals surface area contributed by atoms with E-state index in [4.69, 9.17) is 5.11 Å². The summed E-state index contributed by atoms with van der Waals surface area (Å²) in [6.45, 7) is 1.39. The summed E-state index contributed by atoms with van der Waals surface area (Å²) >= 11 is 0. The number of nitrogens with zero attached hydrogens (tertiary/aromatic N) is 1. The van der Waals surface area contributed by atoms with E-state index < -0.39 is 58.9 Å². The van der Waals surface area contributed by atoms with Gasteiger partial charge in [0.1, 0.15) is 0 Å². The quantitative estimate of drug-likeness (QED) is 0.543. The van der Waals surface area contributed by atoms with Gasteiger partial charge in [-0.3, -0.25) is 9.78 Å². The Bertz CT molecular complexity index is 1150. The van der Waals surface area contributed by atoms with Crippen molar-refractivity contribution in [3.8, 4) is 0 Å². The summed E-state index contributed by atoms with van der Waals surface area (Å²) < 4.78 is 80.5. The Morgan fingerprint density at radius 2 is 1.71 bits per heavy atom. The molecular formula is C23H18F6N2O3. The van der Waals surface area contributed by atoms with Crippen molar-refractivity contribution in [2.24, 2.45) is 11.8 Å². The molecule has 1 aromatic heterocycles. The third kappa shape index (κ3) is 5.46. The normalized spacial score (nSPS) is 19.3. The van der Waals surface area contributed by atoms with Gasteiger partial charge in [-0.15, -0.1) is 0 Å². The molecule has 5 nitrogen and oxygen atoms in total. The van der Waals surface area contributed by atoms with E-state index in [0.29, 0.717) is 0 Å². The average molecular weight is 484 g/mol. The smallest absolute Gasteiger partial charge is 0.418 e. The van der Waals surface area contributed by atoms with Gasteiger partial charge in [-0.05, 0) is 36.2 Å². The number of carbonyl (C=O) groups is 2. The predicted octanol–water partition coefficient (Wildman–Crippen LogP) is 5.58. The number of amides is 1. The number of benzene rings is 1. The highest BCUT2D eigenvalue weighted by Gasteiger charge is 2.41. The first-order chi connectivity index (χ1) is 15.8. The van der Waals surface area contributed by atoms with Crippen LogP contribution >= 0.6 is 0 Å². The Hall–Kier alpha value is -3.63. The van der Waals surface area contributed by atoms with Crippen LogP contribution in [0.2, 0.25) is 0 Å². The number of nitrogens with one attached hydrogen (secondary N) is 1. The summed E-state index contributed by atoms with van der Waals surface area (Å²) in [6, 6.07) is 5.19. The second kappa shape index (κ2) is 9.32. The van der Waals surface area contributed by atoms with Crippen molar-refractivity contribution in [1.29, 1.82) is 0 Å². The maximum Gasteiger partial charge on any atom is 0.418 e. The lowest BCUT2D eigenvalue weighted by Gasteiger charge is -2.33. The van der Waals surface area contributed by atoms with Crippen LogP contribution < -0.4 is 5.32 Å². The fraction of sp³-hybridized carbons (Fsp3) is 0.261. The molecule has 0 spiro atoms. The van der Waals surface area contributed by atoms with Crippen molar-refractivity contribution in [2.75, 3.05) is 0 Å². The molecule has 3 unspecified atom stereocenters. The molecular weight excluding hydrogens is 466 g/mol. The van der Waals surface area contributed by atoms with Gasteiger partial charge in [0.15, 0.2) is 0 Å². The number of carbonyl (C=O) groups excluding carboxylic acids is 1. The van der Waals surface area contributed by atoms with Crippen LogP contribution in [0.1, 0.15) is 44.9 Å². The second-order valence-corrected chi connectivity index (χ2v) is 7.69. The van der Waals surface area contributed by atoms with Crippen LogP contribution in [0.3, 0.4) is 0 Å². The van der Waals surface area contributed by atoms with Crippen LogP contribution in [0.4, 0.5) is 26.3 Å². The lowest BCUT2D eigenvalue weighted by Crippen LogP contribution is -2.38. The SMILES string of the molecule is CC1C=C(C(F)(F)F)C=CC1C(NC(=O)c1cccc(C(=O)O)c1)c1ncccc1C(F)(F)F. The molecule has 0 fully saturated rings. The highest BCUT2D eigenvalue weighted by molar-refractivity contribution is 5.97. The van der Waals surface area contributed by atoms with Gasteiger partial charge in [-0.1, -0.05) is 31.2 Å². The van der Waals surface area contributed by atoms with Gasteiger partial charge >= 0.3 is 18.3 Å². The molecule has 1 amide bonds. The number of hydrogen-bond acceptors (Lipinski definition) is 3. The van der Waals surface area contributed by atoms with Gasteiger partial charge in [0.25, 0.3) is 5.91 Å². The zero-order valence-corrected chi connectivity index (χ0v) is 17.5. The summed E-state index contributed by atoms with van der Waals surface area (Å²) in [5.74, 6) is -4.14. The van der Waals surface area contributed by atoms with Crippen molar-refractivity contribution >= 4 is 11.9 Å². The van der Waals surface area contributed by atoms with Crippen molar-refractivity contribution in [3.63, 3.8) is 0 Å². The number of carboxylic acids is 1. The summed E-state index contributed by atoms with van der Waals surface area (Å²) in [5.41, 5.74) is -3.03. The Morgan fingerprint density at radius 3 is 2.29 bits per heavy atom. The molecule has 0 radical (unpaired) electrons. The van der Waals surface area contributed by atoms with Crippen molar-refractivity contribution in [1.82, 2.24) is 10.3 Å². The number of aromatic nitrogens is 1. The van der Waals surface area contributed by atoms with Crippen LogP contribution in [0.25, 0.3) is 0 Å². The lowest BCUT2D eigenvalue weighted by molar-refractivity contribution is -0.138. The molecule has 3 atom stereocenters. The van der Waals surface area contributed by atoms with Gasteiger partial charge in [-0.2, -0.15) is 26.3 Å². The molecule has 180 valence electrons. The molecule has 1 aliphatic carbocycles. The zero-order valence-electron chi connectivity index (χ0n) is 17.5. The monoisotopic (exact) mass is 484 g/mol. The molecule has 34 heavy (non-hydrogen) atoms. The molecule has 0 bridgehead atoms. The third-order valence-electron chi connectivity index (χ3n) is 5.36. The fourth-order valence-electron chi connectivity index (χ4n) is 3.71. The minimum atomic E-state index is -4.84. The van der Waals surface area contributed by atoms with E-state index in [1.807, 2.05) is 0 Å². The number of aromatic carboxylic acids is 1. The first kappa shape index (κ1) is 25.0. The van der Waals surface area contributed by atoms with E-state index in [1.165, 1.54) is 25.1 Å². The van der Waals surface area contributed by atoms with Gasteiger partial charge in [0.05, 0.1) is 28.4 Å². The van der Waals surface area contributed by atoms with Gasteiger partial charge in [-0.25, -0.2) is 4.79 Å². The largest absolute Gasteiger partial charge is 0.478 e. The molecule has 11 heteroatoms. The fourth-order valence-corrected chi connectivity index (χ4v) is 3.71. The van der Waals surface area contributed by atoms with Crippen molar-refractivity contribution in [2.45, 2.75) is 25.3 Å². The first-order valence-electron chi connectivity index (χ1n) is 9.92. The lowest BCUT2D eigenvalue weighted by atomic mass is 9.79. The number of carboxylic acid groups (broad SMARTS) is 1. The number of rotatable bonds is 5. The van der Waals surface area contributed by atoms with Crippen molar-refractivity contribution < 1.29 is 41.0 Å². The molecule has 0 saturated carbocycles.